The van der Waals surface area contributed by atoms with Crippen molar-refractivity contribution in [2.45, 2.75) is 52.4 Å². The third-order valence-electron chi connectivity index (χ3n) is 6.09. The second kappa shape index (κ2) is 5.51. The molecule has 2 heterocycles. The van der Waals surface area contributed by atoms with Crippen LogP contribution in [0.4, 0.5) is 0 Å². The third-order valence-corrected chi connectivity index (χ3v) is 6.54. The summed E-state index contributed by atoms with van der Waals surface area (Å²) in [5.41, 5.74) is 6.97. The lowest BCUT2D eigenvalue weighted by molar-refractivity contribution is 0.591. The van der Waals surface area contributed by atoms with E-state index >= 15 is 0 Å². The molecule has 3 aromatic carbocycles. The molecule has 0 atom stereocenters. The average molecular weight is 432 g/mol. The Balaban J connectivity index is 1.99. The SMILES string of the molecule is CC(C)(C)c1ccc2c(c1)c1cc(Br)cc3c4cc(C(C)(C)C)ccc4n2c13. The van der Waals surface area contributed by atoms with Crippen LogP contribution in [0.25, 0.3) is 38.1 Å². The number of nitrogens with zero attached hydrogens (tertiary/aromatic N) is 1. The van der Waals surface area contributed by atoms with Gasteiger partial charge in [0.1, 0.15) is 0 Å². The summed E-state index contributed by atoms with van der Waals surface area (Å²) in [4.78, 5) is 0. The molecule has 0 unspecified atom stereocenters. The number of benzene rings is 3. The van der Waals surface area contributed by atoms with Crippen LogP contribution in [0.2, 0.25) is 0 Å². The number of aromatic nitrogens is 1. The van der Waals surface area contributed by atoms with Crippen molar-refractivity contribution in [2.24, 2.45) is 0 Å². The minimum absolute atomic E-state index is 0.140. The molecule has 28 heavy (non-hydrogen) atoms. The second-order valence-electron chi connectivity index (χ2n) is 10.1. The Kier molecular flexibility index (Phi) is 3.54. The highest BCUT2D eigenvalue weighted by molar-refractivity contribution is 9.10. The molecule has 2 aromatic heterocycles. The van der Waals surface area contributed by atoms with E-state index in [4.69, 9.17) is 0 Å². The van der Waals surface area contributed by atoms with Crippen molar-refractivity contribution in [3.63, 3.8) is 0 Å². The molecule has 0 saturated heterocycles. The predicted molar refractivity (Wildman–Crippen MR) is 126 cm³/mol. The number of fused-ring (bicyclic) bond motifs is 6. The lowest BCUT2D eigenvalue weighted by Crippen LogP contribution is -2.10. The van der Waals surface area contributed by atoms with E-state index in [9.17, 15) is 0 Å². The lowest BCUT2D eigenvalue weighted by Gasteiger charge is -2.19. The molecule has 0 saturated carbocycles. The summed E-state index contributed by atoms with van der Waals surface area (Å²) >= 11 is 3.78. The molecule has 0 aliphatic rings. The maximum Gasteiger partial charge on any atom is 0.0621 e. The molecule has 0 radical (unpaired) electrons. The molecule has 0 fully saturated rings. The van der Waals surface area contributed by atoms with E-state index in [2.05, 4.69) is 110 Å². The standard InChI is InChI=1S/C26H26BrN/c1-25(2,3)15-7-9-22-18(11-15)20-13-17(27)14-21-19-12-16(26(4,5)6)8-10-23(19)28(22)24(20)21/h7-14H,1-6H3. The monoisotopic (exact) mass is 431 g/mol. The molecule has 142 valence electrons. The summed E-state index contributed by atoms with van der Waals surface area (Å²) < 4.78 is 3.60. The van der Waals surface area contributed by atoms with Crippen molar-refractivity contribution in [1.82, 2.24) is 4.40 Å². The van der Waals surface area contributed by atoms with E-state index in [1.54, 1.807) is 0 Å². The van der Waals surface area contributed by atoms with Crippen LogP contribution in [-0.4, -0.2) is 4.40 Å². The zero-order valence-corrected chi connectivity index (χ0v) is 19.0. The molecular formula is C26H26BrN. The topological polar surface area (TPSA) is 4.41 Å². The summed E-state index contributed by atoms with van der Waals surface area (Å²) in [6.07, 6.45) is 0. The Labute approximate surface area is 174 Å². The van der Waals surface area contributed by atoms with E-state index < -0.39 is 0 Å². The first kappa shape index (κ1) is 18.0. The Morgan fingerprint density at radius 2 is 1.04 bits per heavy atom. The number of hydrogen-bond acceptors (Lipinski definition) is 0. The van der Waals surface area contributed by atoms with Crippen molar-refractivity contribution in [2.75, 3.05) is 0 Å². The summed E-state index contributed by atoms with van der Waals surface area (Å²) in [5.74, 6) is 0. The van der Waals surface area contributed by atoms with Crippen LogP contribution in [0, 0.1) is 0 Å². The van der Waals surface area contributed by atoms with Crippen molar-refractivity contribution < 1.29 is 0 Å². The van der Waals surface area contributed by atoms with Gasteiger partial charge in [-0.1, -0.05) is 69.6 Å². The van der Waals surface area contributed by atoms with Gasteiger partial charge in [-0.15, -0.1) is 0 Å². The molecule has 0 N–H and O–H groups in total. The molecule has 0 spiro atoms. The highest BCUT2D eigenvalue weighted by Gasteiger charge is 2.22. The Bertz CT molecular complexity index is 1270. The van der Waals surface area contributed by atoms with Gasteiger partial charge in [0, 0.05) is 26.0 Å². The molecule has 0 amide bonds. The minimum Gasteiger partial charge on any atom is -0.308 e. The quantitative estimate of drug-likeness (QED) is 0.232. The highest BCUT2D eigenvalue weighted by Crippen LogP contribution is 2.42. The molecule has 5 rings (SSSR count). The minimum atomic E-state index is 0.140. The van der Waals surface area contributed by atoms with Crippen LogP contribution in [-0.2, 0) is 10.8 Å². The van der Waals surface area contributed by atoms with E-state index in [1.165, 1.54) is 49.2 Å². The van der Waals surface area contributed by atoms with Crippen LogP contribution in [0.5, 0.6) is 0 Å². The van der Waals surface area contributed by atoms with Gasteiger partial charge in [0.25, 0.3) is 0 Å². The van der Waals surface area contributed by atoms with Gasteiger partial charge in [0.15, 0.2) is 0 Å². The molecular weight excluding hydrogens is 406 g/mol. The second-order valence-corrected chi connectivity index (χ2v) is 11.1. The van der Waals surface area contributed by atoms with Gasteiger partial charge in [0.2, 0.25) is 0 Å². The van der Waals surface area contributed by atoms with Crippen molar-refractivity contribution in [1.29, 1.82) is 0 Å². The summed E-state index contributed by atoms with van der Waals surface area (Å²) in [5, 5.41) is 5.35. The zero-order chi connectivity index (χ0) is 20.0. The predicted octanol–water partition coefficient (Wildman–Crippen LogP) is 8.19. The fourth-order valence-corrected chi connectivity index (χ4v) is 4.91. The molecule has 0 aliphatic heterocycles. The van der Waals surface area contributed by atoms with Crippen LogP contribution >= 0.6 is 15.9 Å². The maximum absolute atomic E-state index is 3.78. The smallest absolute Gasteiger partial charge is 0.0621 e. The summed E-state index contributed by atoms with van der Waals surface area (Å²) in [6.45, 7) is 13.7. The Hall–Kier alpha value is -2.06. The van der Waals surface area contributed by atoms with Gasteiger partial charge in [-0.25, -0.2) is 0 Å². The van der Waals surface area contributed by atoms with Crippen LogP contribution < -0.4 is 0 Å². The number of hydrogen-bond donors (Lipinski definition) is 0. The van der Waals surface area contributed by atoms with Gasteiger partial charge in [-0.3, -0.25) is 0 Å². The number of rotatable bonds is 0. The summed E-state index contributed by atoms with van der Waals surface area (Å²) in [7, 11) is 0. The fraction of sp³-hybridized carbons (Fsp3) is 0.308. The lowest BCUT2D eigenvalue weighted by atomic mass is 9.86. The van der Waals surface area contributed by atoms with Gasteiger partial charge in [-0.05, 0) is 58.4 Å². The average Bonchev–Trinajstić information content (AvgIpc) is 3.09. The van der Waals surface area contributed by atoms with E-state index in [1.807, 2.05) is 0 Å². The maximum atomic E-state index is 3.78. The van der Waals surface area contributed by atoms with Crippen molar-refractivity contribution in [3.8, 4) is 0 Å². The first-order valence-corrected chi connectivity index (χ1v) is 10.8. The fourth-order valence-electron chi connectivity index (χ4n) is 4.45. The number of halogens is 1. The first-order valence-electron chi connectivity index (χ1n) is 9.99. The van der Waals surface area contributed by atoms with E-state index in [-0.39, 0.29) is 10.8 Å². The van der Waals surface area contributed by atoms with Crippen LogP contribution in [0.3, 0.4) is 0 Å². The van der Waals surface area contributed by atoms with Crippen LogP contribution in [0.1, 0.15) is 52.7 Å². The normalized spacial score (nSPS) is 13.5. The Morgan fingerprint density at radius 3 is 1.43 bits per heavy atom. The van der Waals surface area contributed by atoms with E-state index in [0.29, 0.717) is 0 Å². The van der Waals surface area contributed by atoms with E-state index in [0.717, 1.165) is 4.47 Å². The third kappa shape index (κ3) is 2.43. The zero-order valence-electron chi connectivity index (χ0n) is 17.4. The summed E-state index contributed by atoms with van der Waals surface area (Å²) in [6, 6.07) is 18.5. The molecule has 0 bridgehead atoms. The molecule has 0 aliphatic carbocycles. The molecule has 2 heteroatoms. The van der Waals surface area contributed by atoms with Gasteiger partial charge in [0.05, 0.1) is 16.6 Å². The van der Waals surface area contributed by atoms with Gasteiger partial charge in [-0.2, -0.15) is 0 Å². The van der Waals surface area contributed by atoms with Gasteiger partial charge < -0.3 is 4.40 Å². The first-order chi connectivity index (χ1) is 13.1. The highest BCUT2D eigenvalue weighted by atomic mass is 79.9. The van der Waals surface area contributed by atoms with Gasteiger partial charge >= 0.3 is 0 Å². The largest absolute Gasteiger partial charge is 0.308 e. The van der Waals surface area contributed by atoms with Crippen molar-refractivity contribution >= 4 is 54.0 Å². The molecule has 5 aromatic rings. The van der Waals surface area contributed by atoms with Crippen molar-refractivity contribution in [3.05, 3.63) is 64.1 Å². The molecule has 1 nitrogen and oxygen atoms in total. The van der Waals surface area contributed by atoms with Crippen LogP contribution in [0.15, 0.2) is 53.0 Å². The Morgan fingerprint density at radius 1 is 0.607 bits per heavy atom.